The molecule has 3 aromatic rings. The molecular weight excluding hydrogens is 354 g/mol. The lowest BCUT2D eigenvalue weighted by atomic mass is 10.1. The van der Waals surface area contributed by atoms with Gasteiger partial charge in [0.05, 0.1) is 11.6 Å². The van der Waals surface area contributed by atoms with Crippen LogP contribution in [0.2, 0.25) is 0 Å². The van der Waals surface area contributed by atoms with Gasteiger partial charge in [-0.3, -0.25) is 4.79 Å². The van der Waals surface area contributed by atoms with Crippen molar-refractivity contribution in [3.8, 4) is 5.75 Å². The molecule has 2 N–H and O–H groups in total. The molecule has 0 radical (unpaired) electrons. The average molecular weight is 377 g/mol. The molecule has 0 bridgehead atoms. The Kier molecular flexibility index (Phi) is 3.91. The van der Waals surface area contributed by atoms with Crippen molar-refractivity contribution in [2.45, 2.75) is 44.4 Å². The lowest BCUT2D eigenvalue weighted by Crippen LogP contribution is -2.25. The van der Waals surface area contributed by atoms with E-state index in [2.05, 4.69) is 10.3 Å². The summed E-state index contributed by atoms with van der Waals surface area (Å²) in [6.07, 6.45) is 1.54. The van der Waals surface area contributed by atoms with Crippen molar-refractivity contribution in [1.29, 1.82) is 0 Å². The maximum Gasteiger partial charge on any atom is 0.251 e. The van der Waals surface area contributed by atoms with Crippen molar-refractivity contribution in [2.75, 3.05) is 0 Å². The minimum Gasteiger partial charge on any atom is -0.481 e. The lowest BCUT2D eigenvalue weighted by molar-refractivity contribution is 0.0504. The van der Waals surface area contributed by atoms with E-state index in [-0.39, 0.29) is 11.9 Å². The fraction of sp³-hybridized carbons (Fsp3) is 0.364. The number of hydrogen-bond donors (Lipinski definition) is 2. The number of benzene rings is 2. The second-order valence-corrected chi connectivity index (χ2v) is 7.82. The fourth-order valence-corrected chi connectivity index (χ4v) is 3.91. The minimum absolute atomic E-state index is 0.0968. The van der Waals surface area contributed by atoms with Gasteiger partial charge in [-0.1, -0.05) is 24.3 Å². The van der Waals surface area contributed by atoms with Gasteiger partial charge in [0.2, 0.25) is 0 Å². The summed E-state index contributed by atoms with van der Waals surface area (Å²) in [5.74, 6) is 1.27. The van der Waals surface area contributed by atoms with Crippen molar-refractivity contribution < 1.29 is 14.6 Å². The summed E-state index contributed by atoms with van der Waals surface area (Å²) in [7, 11) is 1.93. The number of aromatic nitrogens is 2. The first-order chi connectivity index (χ1) is 13.5. The molecule has 1 fully saturated rings. The largest absolute Gasteiger partial charge is 0.481 e. The smallest absolute Gasteiger partial charge is 0.251 e. The Morgan fingerprint density at radius 1 is 1.29 bits per heavy atom. The van der Waals surface area contributed by atoms with Crippen molar-refractivity contribution in [3.63, 3.8) is 0 Å². The molecule has 0 aliphatic heterocycles. The number of ether oxygens (including phenoxy) is 1. The van der Waals surface area contributed by atoms with Gasteiger partial charge in [-0.15, -0.1) is 0 Å². The van der Waals surface area contributed by atoms with Gasteiger partial charge >= 0.3 is 0 Å². The minimum atomic E-state index is -0.624. The molecule has 6 heteroatoms. The summed E-state index contributed by atoms with van der Waals surface area (Å²) >= 11 is 0. The van der Waals surface area contributed by atoms with Gasteiger partial charge in [0, 0.05) is 25.1 Å². The number of aryl methyl sites for hydroxylation is 2. The molecule has 2 atom stereocenters. The summed E-state index contributed by atoms with van der Waals surface area (Å²) in [4.78, 5) is 17.3. The Morgan fingerprint density at radius 2 is 2.07 bits per heavy atom. The molecule has 2 aliphatic carbocycles. The van der Waals surface area contributed by atoms with Crippen LogP contribution in [0.1, 0.15) is 46.3 Å². The Balaban J connectivity index is 1.57. The lowest BCUT2D eigenvalue weighted by Gasteiger charge is -2.19. The molecule has 1 heterocycles. The van der Waals surface area contributed by atoms with Gasteiger partial charge in [0.1, 0.15) is 17.1 Å². The molecule has 28 heavy (non-hydrogen) atoms. The van der Waals surface area contributed by atoms with Crippen molar-refractivity contribution in [2.24, 2.45) is 7.05 Å². The predicted molar refractivity (Wildman–Crippen MR) is 105 cm³/mol. The third kappa shape index (κ3) is 2.85. The molecule has 6 nitrogen and oxygen atoms in total. The third-order valence-electron chi connectivity index (χ3n) is 5.74. The number of hydrogen-bond acceptors (Lipinski definition) is 4. The Labute approximate surface area is 163 Å². The van der Waals surface area contributed by atoms with E-state index in [0.717, 1.165) is 35.3 Å². The van der Waals surface area contributed by atoms with Crippen LogP contribution < -0.4 is 10.1 Å². The van der Waals surface area contributed by atoms with Crippen LogP contribution >= 0.6 is 0 Å². The number of rotatable bonds is 4. The van der Waals surface area contributed by atoms with Gasteiger partial charge in [0.15, 0.2) is 6.10 Å². The third-order valence-corrected chi connectivity index (χ3v) is 5.74. The van der Waals surface area contributed by atoms with Crippen molar-refractivity contribution in [1.82, 2.24) is 14.9 Å². The Bertz CT molecular complexity index is 1080. The number of aliphatic hydroxyl groups excluding tert-OH is 1. The summed E-state index contributed by atoms with van der Waals surface area (Å²) in [5.41, 5.74) is 4.19. The standard InChI is InChI=1S/C22H23N3O3/c1-12-23-20-17(25(12)2)9-14(22(27)24-15-7-8-15)11-19(20)28-21-16-6-4-3-5-13(16)10-18(21)26/h3-6,9,11,15,18,21,26H,7-8,10H2,1-2H3,(H,24,27)/t18-,21-/m1/s1. The van der Waals surface area contributed by atoms with Gasteiger partial charge in [-0.2, -0.15) is 0 Å². The van der Waals surface area contributed by atoms with E-state index in [0.29, 0.717) is 23.3 Å². The maximum absolute atomic E-state index is 12.7. The topological polar surface area (TPSA) is 76.4 Å². The molecule has 1 saturated carbocycles. The van der Waals surface area contributed by atoms with E-state index in [1.54, 1.807) is 6.07 Å². The summed E-state index contributed by atoms with van der Waals surface area (Å²) in [5, 5.41) is 13.6. The monoisotopic (exact) mass is 377 g/mol. The number of nitrogens with zero attached hydrogens (tertiary/aromatic N) is 2. The normalized spacial score (nSPS) is 21.0. The molecule has 144 valence electrons. The van der Waals surface area contributed by atoms with Crippen molar-refractivity contribution in [3.05, 3.63) is 58.9 Å². The van der Waals surface area contributed by atoms with E-state index < -0.39 is 12.2 Å². The van der Waals surface area contributed by atoms with Gasteiger partial charge in [-0.05, 0) is 43.0 Å². The summed E-state index contributed by atoms with van der Waals surface area (Å²) in [6.45, 7) is 1.92. The number of amides is 1. The van der Waals surface area contributed by atoms with Gasteiger partial charge in [0.25, 0.3) is 5.91 Å². The Hall–Kier alpha value is -2.86. The van der Waals surface area contributed by atoms with E-state index in [1.165, 1.54) is 0 Å². The molecule has 5 rings (SSSR count). The highest BCUT2D eigenvalue weighted by atomic mass is 16.5. The first-order valence-corrected chi connectivity index (χ1v) is 9.71. The van der Waals surface area contributed by atoms with E-state index >= 15 is 0 Å². The zero-order valence-corrected chi connectivity index (χ0v) is 16.0. The number of carbonyl (C=O) groups excluding carboxylic acids is 1. The van der Waals surface area contributed by atoms with Gasteiger partial charge < -0.3 is 19.7 Å². The zero-order valence-electron chi connectivity index (χ0n) is 16.0. The second kappa shape index (κ2) is 6.34. The number of imidazole rings is 1. The molecule has 2 aromatic carbocycles. The molecule has 0 unspecified atom stereocenters. The maximum atomic E-state index is 12.7. The van der Waals surface area contributed by atoms with E-state index in [9.17, 15) is 9.90 Å². The van der Waals surface area contributed by atoms with E-state index in [1.807, 2.05) is 48.9 Å². The average Bonchev–Trinajstić information content (AvgIpc) is 3.38. The molecular formula is C22H23N3O3. The van der Waals surface area contributed by atoms with Crippen LogP contribution in [0.4, 0.5) is 0 Å². The van der Waals surface area contributed by atoms with Gasteiger partial charge in [-0.25, -0.2) is 4.98 Å². The van der Waals surface area contributed by atoms with Crippen LogP contribution in [0.5, 0.6) is 5.75 Å². The molecule has 1 aromatic heterocycles. The number of carbonyl (C=O) groups is 1. The van der Waals surface area contributed by atoms with Crippen molar-refractivity contribution >= 4 is 16.9 Å². The first kappa shape index (κ1) is 17.3. The van der Waals surface area contributed by atoms with Crippen LogP contribution in [0.3, 0.4) is 0 Å². The van der Waals surface area contributed by atoms with Crippen LogP contribution in [0, 0.1) is 6.92 Å². The summed E-state index contributed by atoms with van der Waals surface area (Å²) < 4.78 is 8.25. The quantitative estimate of drug-likeness (QED) is 0.733. The summed E-state index contributed by atoms with van der Waals surface area (Å²) in [6, 6.07) is 11.8. The fourth-order valence-electron chi connectivity index (χ4n) is 3.91. The van der Waals surface area contributed by atoms with E-state index in [4.69, 9.17) is 4.74 Å². The molecule has 0 saturated heterocycles. The molecule has 1 amide bonds. The Morgan fingerprint density at radius 3 is 2.86 bits per heavy atom. The number of aliphatic hydroxyl groups is 1. The predicted octanol–water partition coefficient (Wildman–Crippen LogP) is 2.81. The SMILES string of the molecule is Cc1nc2c(O[C@@H]3c4ccccc4C[C@H]3O)cc(C(=O)NC3CC3)cc2n1C. The second-order valence-electron chi connectivity index (χ2n) is 7.82. The van der Waals surface area contributed by atoms with Crippen LogP contribution in [-0.4, -0.2) is 32.7 Å². The highest BCUT2D eigenvalue weighted by Gasteiger charge is 2.33. The highest BCUT2D eigenvalue weighted by molar-refractivity contribution is 5.99. The van der Waals surface area contributed by atoms with Crippen LogP contribution in [0.25, 0.3) is 11.0 Å². The van der Waals surface area contributed by atoms with Crippen LogP contribution in [0.15, 0.2) is 36.4 Å². The number of nitrogens with one attached hydrogen (secondary N) is 1. The molecule has 0 spiro atoms. The number of fused-ring (bicyclic) bond motifs is 2. The first-order valence-electron chi connectivity index (χ1n) is 9.71. The van der Waals surface area contributed by atoms with Crippen LogP contribution in [-0.2, 0) is 13.5 Å². The zero-order chi connectivity index (χ0) is 19.4. The highest BCUT2D eigenvalue weighted by Crippen LogP contribution is 2.38. The molecule has 2 aliphatic rings.